The first-order chi connectivity index (χ1) is 9.69. The molecule has 0 radical (unpaired) electrons. The Labute approximate surface area is 120 Å². The van der Waals surface area contributed by atoms with Crippen LogP contribution < -0.4 is 10.1 Å². The minimum absolute atomic E-state index is 0.246. The van der Waals surface area contributed by atoms with Crippen LogP contribution in [0.1, 0.15) is 15.5 Å². The van der Waals surface area contributed by atoms with Crippen LogP contribution in [0.25, 0.3) is 0 Å². The Balaban J connectivity index is 1.91. The molecule has 6 nitrogen and oxygen atoms in total. The molecule has 0 atom stereocenters. The van der Waals surface area contributed by atoms with Gasteiger partial charge in [-0.15, -0.1) is 11.3 Å². The third-order valence-electron chi connectivity index (χ3n) is 2.38. The number of rotatable bonds is 6. The molecule has 2 heterocycles. The van der Waals surface area contributed by atoms with Crippen molar-refractivity contribution in [3.05, 3.63) is 34.4 Å². The molecule has 0 aliphatic rings. The van der Waals surface area contributed by atoms with Crippen molar-refractivity contribution in [1.82, 2.24) is 9.97 Å². The standard InChI is InChI=1S/C13H15N3O3S/c1-9-15-11(8-20-9)13(17)16-10-3-4-12(14-7-10)19-6-5-18-2/h3-4,7-8H,5-6H2,1-2H3,(H,16,17). The predicted molar refractivity (Wildman–Crippen MR) is 76.4 cm³/mol. The van der Waals surface area contributed by atoms with Crippen molar-refractivity contribution >= 4 is 22.9 Å². The smallest absolute Gasteiger partial charge is 0.275 e. The van der Waals surface area contributed by atoms with Crippen LogP contribution in [-0.2, 0) is 4.74 Å². The summed E-state index contributed by atoms with van der Waals surface area (Å²) in [5.41, 5.74) is 1.01. The van der Waals surface area contributed by atoms with E-state index < -0.39 is 0 Å². The van der Waals surface area contributed by atoms with Gasteiger partial charge >= 0.3 is 0 Å². The Morgan fingerprint density at radius 3 is 2.85 bits per heavy atom. The molecule has 106 valence electrons. The third kappa shape index (κ3) is 4.01. The van der Waals surface area contributed by atoms with Crippen molar-refractivity contribution in [2.24, 2.45) is 0 Å². The van der Waals surface area contributed by atoms with E-state index in [0.29, 0.717) is 30.5 Å². The Morgan fingerprint density at radius 1 is 1.40 bits per heavy atom. The van der Waals surface area contributed by atoms with Gasteiger partial charge in [0, 0.05) is 18.6 Å². The lowest BCUT2D eigenvalue weighted by Gasteiger charge is -2.06. The van der Waals surface area contributed by atoms with E-state index in [4.69, 9.17) is 9.47 Å². The van der Waals surface area contributed by atoms with E-state index in [-0.39, 0.29) is 5.91 Å². The van der Waals surface area contributed by atoms with Gasteiger partial charge in [-0.1, -0.05) is 0 Å². The molecule has 0 spiro atoms. The zero-order valence-electron chi connectivity index (χ0n) is 11.3. The number of anilines is 1. The van der Waals surface area contributed by atoms with Gasteiger partial charge in [-0.25, -0.2) is 9.97 Å². The SMILES string of the molecule is COCCOc1ccc(NC(=O)c2csc(C)n2)cn1. The molecule has 2 aromatic heterocycles. The lowest BCUT2D eigenvalue weighted by Crippen LogP contribution is -2.12. The number of methoxy groups -OCH3 is 1. The number of aryl methyl sites for hydroxylation is 1. The number of nitrogens with zero attached hydrogens (tertiary/aromatic N) is 2. The van der Waals surface area contributed by atoms with Gasteiger partial charge in [0.15, 0.2) is 0 Å². The zero-order chi connectivity index (χ0) is 14.4. The summed E-state index contributed by atoms with van der Waals surface area (Å²) in [5.74, 6) is 0.244. The average molecular weight is 293 g/mol. The maximum Gasteiger partial charge on any atom is 0.275 e. The van der Waals surface area contributed by atoms with E-state index in [1.807, 2.05) is 6.92 Å². The Kier molecular flexibility index (Phi) is 5.03. The summed E-state index contributed by atoms with van der Waals surface area (Å²) in [7, 11) is 1.61. The lowest BCUT2D eigenvalue weighted by molar-refractivity contribution is 0.102. The van der Waals surface area contributed by atoms with E-state index in [0.717, 1.165) is 5.01 Å². The van der Waals surface area contributed by atoms with Crippen LogP contribution in [-0.4, -0.2) is 36.2 Å². The molecule has 0 bridgehead atoms. The highest BCUT2D eigenvalue weighted by Gasteiger charge is 2.09. The predicted octanol–water partition coefficient (Wildman–Crippen LogP) is 2.12. The van der Waals surface area contributed by atoms with Crippen molar-refractivity contribution in [3.63, 3.8) is 0 Å². The highest BCUT2D eigenvalue weighted by molar-refractivity contribution is 7.09. The second kappa shape index (κ2) is 6.97. The number of nitrogens with one attached hydrogen (secondary N) is 1. The van der Waals surface area contributed by atoms with Crippen LogP contribution >= 0.6 is 11.3 Å². The first-order valence-electron chi connectivity index (χ1n) is 6.00. The molecule has 0 fully saturated rings. The molecule has 2 aromatic rings. The fourth-order valence-corrected chi connectivity index (χ4v) is 2.03. The van der Waals surface area contributed by atoms with Crippen molar-refractivity contribution in [2.75, 3.05) is 25.6 Å². The fourth-order valence-electron chi connectivity index (χ4n) is 1.43. The molecule has 0 saturated heterocycles. The number of pyridine rings is 1. The quantitative estimate of drug-likeness (QED) is 0.826. The summed E-state index contributed by atoms with van der Waals surface area (Å²) in [4.78, 5) is 20.1. The van der Waals surface area contributed by atoms with Gasteiger partial charge in [-0.3, -0.25) is 4.79 Å². The van der Waals surface area contributed by atoms with Gasteiger partial charge in [-0.2, -0.15) is 0 Å². The van der Waals surface area contributed by atoms with Crippen molar-refractivity contribution in [2.45, 2.75) is 6.92 Å². The minimum Gasteiger partial charge on any atom is -0.475 e. The molecule has 0 saturated carbocycles. The van der Waals surface area contributed by atoms with Gasteiger partial charge in [0.05, 0.1) is 23.5 Å². The number of hydrogen-bond acceptors (Lipinski definition) is 6. The maximum absolute atomic E-state index is 11.9. The number of ether oxygens (including phenoxy) is 2. The summed E-state index contributed by atoms with van der Waals surface area (Å²) in [5, 5.41) is 5.31. The first-order valence-corrected chi connectivity index (χ1v) is 6.88. The van der Waals surface area contributed by atoms with E-state index in [9.17, 15) is 4.79 Å². The van der Waals surface area contributed by atoms with E-state index in [2.05, 4.69) is 15.3 Å². The van der Waals surface area contributed by atoms with Crippen molar-refractivity contribution < 1.29 is 14.3 Å². The molecule has 0 unspecified atom stereocenters. The third-order valence-corrected chi connectivity index (χ3v) is 3.16. The van der Waals surface area contributed by atoms with Gasteiger partial charge in [0.25, 0.3) is 5.91 Å². The van der Waals surface area contributed by atoms with Crippen molar-refractivity contribution in [3.8, 4) is 5.88 Å². The number of thiazole rings is 1. The van der Waals surface area contributed by atoms with E-state index in [1.165, 1.54) is 11.3 Å². The topological polar surface area (TPSA) is 73.3 Å². The molecule has 7 heteroatoms. The summed E-state index contributed by atoms with van der Waals surface area (Å²) in [6, 6.07) is 3.42. The highest BCUT2D eigenvalue weighted by Crippen LogP contribution is 2.14. The summed E-state index contributed by atoms with van der Waals surface area (Å²) >= 11 is 1.44. The normalized spacial score (nSPS) is 10.3. The summed E-state index contributed by atoms with van der Waals surface area (Å²) < 4.78 is 10.2. The average Bonchev–Trinajstić information content (AvgIpc) is 2.88. The van der Waals surface area contributed by atoms with Gasteiger partial charge in [0.1, 0.15) is 12.3 Å². The molecule has 1 N–H and O–H groups in total. The second-order valence-electron chi connectivity index (χ2n) is 3.93. The van der Waals surface area contributed by atoms with Crippen LogP contribution in [0.2, 0.25) is 0 Å². The molecule has 2 rings (SSSR count). The van der Waals surface area contributed by atoms with Gasteiger partial charge in [-0.05, 0) is 13.0 Å². The zero-order valence-corrected chi connectivity index (χ0v) is 12.1. The minimum atomic E-state index is -0.246. The monoisotopic (exact) mass is 293 g/mol. The van der Waals surface area contributed by atoms with Crippen LogP contribution in [0.15, 0.2) is 23.7 Å². The second-order valence-corrected chi connectivity index (χ2v) is 4.99. The molecule has 0 aliphatic heterocycles. The Hall–Kier alpha value is -1.99. The van der Waals surface area contributed by atoms with Crippen LogP contribution in [0.3, 0.4) is 0 Å². The lowest BCUT2D eigenvalue weighted by atomic mass is 10.4. The largest absolute Gasteiger partial charge is 0.475 e. The van der Waals surface area contributed by atoms with Gasteiger partial charge in [0.2, 0.25) is 5.88 Å². The molecule has 20 heavy (non-hydrogen) atoms. The Bertz CT molecular complexity index is 568. The summed E-state index contributed by atoms with van der Waals surface area (Å²) in [6.07, 6.45) is 1.54. The molecule has 0 aromatic carbocycles. The van der Waals surface area contributed by atoms with Crippen molar-refractivity contribution in [1.29, 1.82) is 0 Å². The highest BCUT2D eigenvalue weighted by atomic mass is 32.1. The van der Waals surface area contributed by atoms with Crippen LogP contribution in [0, 0.1) is 6.92 Å². The molecular formula is C13H15N3O3S. The number of carbonyl (C=O) groups is 1. The summed E-state index contributed by atoms with van der Waals surface area (Å²) in [6.45, 7) is 2.80. The number of carbonyl (C=O) groups excluding carboxylic acids is 1. The fraction of sp³-hybridized carbons (Fsp3) is 0.308. The van der Waals surface area contributed by atoms with Gasteiger partial charge < -0.3 is 14.8 Å². The maximum atomic E-state index is 11.9. The number of hydrogen-bond donors (Lipinski definition) is 1. The van der Waals surface area contributed by atoms with Crippen LogP contribution in [0.4, 0.5) is 5.69 Å². The van der Waals surface area contributed by atoms with E-state index in [1.54, 1.807) is 30.8 Å². The van der Waals surface area contributed by atoms with E-state index >= 15 is 0 Å². The molecule has 0 aliphatic carbocycles. The molecular weight excluding hydrogens is 278 g/mol. The Morgan fingerprint density at radius 2 is 2.25 bits per heavy atom. The van der Waals surface area contributed by atoms with Crippen LogP contribution in [0.5, 0.6) is 5.88 Å². The first kappa shape index (κ1) is 14.4. The number of amides is 1. The number of aromatic nitrogens is 2. The molecule has 1 amide bonds.